The van der Waals surface area contributed by atoms with Crippen LogP contribution in [-0.4, -0.2) is 6.08 Å². The van der Waals surface area contributed by atoms with Gasteiger partial charge in [0.25, 0.3) is 0 Å². The van der Waals surface area contributed by atoms with E-state index in [2.05, 4.69) is 4.99 Å². The summed E-state index contributed by atoms with van der Waals surface area (Å²) in [4.78, 5) is 13.1. The molecule has 0 aliphatic carbocycles. The highest BCUT2D eigenvalue weighted by Gasteiger charge is 2.08. The molecule has 1 aromatic rings. The molecule has 0 amide bonds. The van der Waals surface area contributed by atoms with Gasteiger partial charge in [-0.1, -0.05) is 23.2 Å². The quantitative estimate of drug-likeness (QED) is 0.394. The summed E-state index contributed by atoms with van der Waals surface area (Å²) in [7, 11) is 0. The first-order chi connectivity index (χ1) is 5.66. The maximum atomic E-state index is 12.6. The Morgan fingerprint density at radius 2 is 2.00 bits per heavy atom. The molecule has 1 aromatic carbocycles. The summed E-state index contributed by atoms with van der Waals surface area (Å²) in [6.07, 6.45) is 1.28. The predicted molar refractivity (Wildman–Crippen MR) is 44.2 cm³/mol. The van der Waals surface area contributed by atoms with Crippen LogP contribution >= 0.6 is 23.2 Å². The molecule has 0 unspecified atom stereocenters. The normalized spacial score (nSPS) is 9.25. The van der Waals surface area contributed by atoms with Crippen molar-refractivity contribution in [3.05, 3.63) is 28.0 Å². The lowest BCUT2D eigenvalue weighted by Gasteiger charge is -1.98. The highest BCUT2D eigenvalue weighted by molar-refractivity contribution is 6.43. The molecule has 0 saturated carbocycles. The minimum atomic E-state index is -0.647. The summed E-state index contributed by atoms with van der Waals surface area (Å²) in [6, 6.07) is 2.32. The van der Waals surface area contributed by atoms with Gasteiger partial charge in [0.1, 0.15) is 5.82 Å². The van der Waals surface area contributed by atoms with E-state index in [0.717, 1.165) is 6.07 Å². The van der Waals surface area contributed by atoms with Crippen molar-refractivity contribution in [3.8, 4) is 0 Å². The summed E-state index contributed by atoms with van der Waals surface area (Å²) >= 11 is 11.0. The molecule has 0 aromatic heterocycles. The Bertz CT molecular complexity index is 361. The zero-order valence-corrected chi connectivity index (χ0v) is 7.16. The smallest absolute Gasteiger partial charge is 0.211 e. The molecule has 0 aliphatic rings. The lowest BCUT2D eigenvalue weighted by molar-refractivity contribution is 0.565. The Hall–Kier alpha value is -0.890. The molecule has 2 nitrogen and oxygen atoms in total. The van der Waals surface area contributed by atoms with Crippen molar-refractivity contribution in [1.82, 2.24) is 0 Å². The fourth-order valence-corrected chi connectivity index (χ4v) is 1.01. The molecule has 0 fully saturated rings. The topological polar surface area (TPSA) is 29.4 Å². The number of nitrogens with zero attached hydrogens (tertiary/aromatic N) is 1. The molecule has 0 heterocycles. The Morgan fingerprint density at radius 3 is 2.58 bits per heavy atom. The minimum absolute atomic E-state index is 0.0833. The second kappa shape index (κ2) is 3.68. The second-order valence-corrected chi connectivity index (χ2v) is 2.65. The van der Waals surface area contributed by atoms with E-state index in [1.807, 2.05) is 0 Å². The van der Waals surface area contributed by atoms with Crippen molar-refractivity contribution in [2.75, 3.05) is 0 Å². The average Bonchev–Trinajstić information content (AvgIpc) is 2.07. The number of benzene rings is 1. The Balaban J connectivity index is 3.35. The highest BCUT2D eigenvalue weighted by atomic mass is 35.5. The van der Waals surface area contributed by atoms with E-state index in [0.29, 0.717) is 0 Å². The first kappa shape index (κ1) is 9.20. The van der Waals surface area contributed by atoms with Crippen LogP contribution in [-0.2, 0) is 4.79 Å². The van der Waals surface area contributed by atoms with Crippen molar-refractivity contribution in [1.29, 1.82) is 0 Å². The monoisotopic (exact) mass is 205 g/mol. The summed E-state index contributed by atoms with van der Waals surface area (Å²) in [5, 5.41) is -0.326. The van der Waals surface area contributed by atoms with Gasteiger partial charge in [-0.25, -0.2) is 9.18 Å². The lowest BCUT2D eigenvalue weighted by atomic mass is 10.3. The molecule has 0 aliphatic heterocycles. The van der Waals surface area contributed by atoms with Gasteiger partial charge in [-0.15, -0.1) is 0 Å². The first-order valence-corrected chi connectivity index (χ1v) is 3.63. The Kier molecular flexibility index (Phi) is 2.82. The van der Waals surface area contributed by atoms with Crippen molar-refractivity contribution < 1.29 is 9.18 Å². The SMILES string of the molecule is O=C=Nc1ccc(F)c(Cl)c1Cl. The van der Waals surface area contributed by atoms with Crippen molar-refractivity contribution in [3.63, 3.8) is 0 Å². The van der Waals surface area contributed by atoms with E-state index in [-0.39, 0.29) is 15.7 Å². The van der Waals surface area contributed by atoms with Crippen LogP contribution in [0.2, 0.25) is 10.0 Å². The van der Waals surface area contributed by atoms with Crippen LogP contribution in [0.15, 0.2) is 17.1 Å². The number of carbonyl (C=O) groups excluding carboxylic acids is 1. The van der Waals surface area contributed by atoms with Gasteiger partial charge in [-0.3, -0.25) is 0 Å². The van der Waals surface area contributed by atoms with Crippen LogP contribution in [0.3, 0.4) is 0 Å². The van der Waals surface area contributed by atoms with E-state index < -0.39 is 5.82 Å². The van der Waals surface area contributed by atoms with Crippen LogP contribution in [0.25, 0.3) is 0 Å². The van der Waals surface area contributed by atoms with Crippen LogP contribution in [0.5, 0.6) is 0 Å². The van der Waals surface area contributed by atoms with Gasteiger partial charge in [-0.2, -0.15) is 4.99 Å². The van der Waals surface area contributed by atoms with Crippen LogP contribution in [0.1, 0.15) is 0 Å². The Labute approximate surface area is 77.6 Å². The third-order valence-electron chi connectivity index (χ3n) is 1.18. The van der Waals surface area contributed by atoms with Gasteiger partial charge in [0.15, 0.2) is 0 Å². The standard InChI is InChI=1S/C7H2Cl2FNO/c8-6-4(10)1-2-5(7(6)9)11-3-12/h1-2H. The molecule has 0 bridgehead atoms. The molecule has 0 N–H and O–H groups in total. The molecular weight excluding hydrogens is 204 g/mol. The predicted octanol–water partition coefficient (Wildman–Crippen LogP) is 3.10. The van der Waals surface area contributed by atoms with E-state index in [1.54, 1.807) is 0 Å². The van der Waals surface area contributed by atoms with Crippen LogP contribution in [0.4, 0.5) is 10.1 Å². The Morgan fingerprint density at radius 1 is 1.33 bits per heavy atom. The number of rotatable bonds is 1. The molecule has 0 atom stereocenters. The minimum Gasteiger partial charge on any atom is -0.211 e. The average molecular weight is 206 g/mol. The van der Waals surface area contributed by atoms with Gasteiger partial charge >= 0.3 is 0 Å². The zero-order chi connectivity index (χ0) is 9.14. The fraction of sp³-hybridized carbons (Fsp3) is 0. The second-order valence-electron chi connectivity index (χ2n) is 1.90. The van der Waals surface area contributed by atoms with Gasteiger partial charge in [-0.05, 0) is 12.1 Å². The van der Waals surface area contributed by atoms with Crippen molar-refractivity contribution in [2.45, 2.75) is 0 Å². The summed E-state index contributed by atoms with van der Waals surface area (Å²) < 4.78 is 12.6. The third kappa shape index (κ3) is 1.64. The molecule has 5 heteroatoms. The maximum absolute atomic E-state index is 12.6. The number of halogens is 3. The highest BCUT2D eigenvalue weighted by Crippen LogP contribution is 2.33. The summed E-state index contributed by atoms with van der Waals surface area (Å²) in [6.45, 7) is 0. The van der Waals surface area contributed by atoms with Crippen LogP contribution < -0.4 is 0 Å². The maximum Gasteiger partial charge on any atom is 0.240 e. The van der Waals surface area contributed by atoms with Gasteiger partial charge in [0, 0.05) is 0 Å². The number of aliphatic imine (C=N–C) groups is 1. The van der Waals surface area contributed by atoms with Gasteiger partial charge < -0.3 is 0 Å². The zero-order valence-electron chi connectivity index (χ0n) is 5.64. The molecule has 1 rings (SSSR count). The van der Waals surface area contributed by atoms with Crippen molar-refractivity contribution in [2.24, 2.45) is 4.99 Å². The van der Waals surface area contributed by atoms with Crippen LogP contribution in [0, 0.1) is 5.82 Å². The molecule has 0 spiro atoms. The van der Waals surface area contributed by atoms with Gasteiger partial charge in [0.2, 0.25) is 6.08 Å². The molecule has 0 radical (unpaired) electrons. The molecule has 12 heavy (non-hydrogen) atoms. The number of isocyanates is 1. The summed E-state index contributed by atoms with van der Waals surface area (Å²) in [5.41, 5.74) is 0.109. The largest absolute Gasteiger partial charge is 0.240 e. The van der Waals surface area contributed by atoms with Gasteiger partial charge in [0.05, 0.1) is 15.7 Å². The first-order valence-electron chi connectivity index (χ1n) is 2.88. The van der Waals surface area contributed by atoms with E-state index in [1.165, 1.54) is 12.1 Å². The number of hydrogen-bond acceptors (Lipinski definition) is 2. The van der Waals surface area contributed by atoms with E-state index in [9.17, 15) is 9.18 Å². The van der Waals surface area contributed by atoms with E-state index in [4.69, 9.17) is 23.2 Å². The number of hydrogen-bond donors (Lipinski definition) is 0. The molecule has 62 valence electrons. The summed E-state index contributed by atoms with van der Waals surface area (Å²) in [5.74, 6) is -0.647. The molecular formula is C7H2Cl2FNO. The van der Waals surface area contributed by atoms with E-state index >= 15 is 0 Å². The molecule has 0 saturated heterocycles. The van der Waals surface area contributed by atoms with Crippen molar-refractivity contribution >= 4 is 35.0 Å². The third-order valence-corrected chi connectivity index (χ3v) is 2.03. The lowest BCUT2D eigenvalue weighted by Crippen LogP contribution is -1.77. The fourth-order valence-electron chi connectivity index (χ4n) is 0.651.